The number of hydrogen-bond acceptors (Lipinski definition) is 7. The number of H-pyrrole nitrogens is 1. The lowest BCUT2D eigenvalue weighted by molar-refractivity contribution is -0.384. The van der Waals surface area contributed by atoms with Crippen molar-refractivity contribution in [3.8, 4) is 0 Å². The first kappa shape index (κ1) is 21.7. The molecule has 10 nitrogen and oxygen atoms in total. The number of piperidine rings is 1. The number of nitrogens with zero attached hydrogens (tertiary/aromatic N) is 5. The summed E-state index contributed by atoms with van der Waals surface area (Å²) in [5.41, 5.74) is 0.263. The van der Waals surface area contributed by atoms with Crippen LogP contribution in [-0.2, 0) is 10.0 Å². The van der Waals surface area contributed by atoms with Gasteiger partial charge in [-0.2, -0.15) is 9.40 Å². The third-order valence-electron chi connectivity index (χ3n) is 6.09. The molecule has 1 aromatic carbocycles. The SMILES string of the molecule is Cc1nc(C2CCCN(c3ccc(S(=O)(=O)N4CCCCCC4)cc3[N+](=O)[O-])C2)n[nH]1. The molecule has 0 bridgehead atoms. The van der Waals surface area contributed by atoms with E-state index < -0.39 is 14.9 Å². The summed E-state index contributed by atoms with van der Waals surface area (Å²) in [6.45, 7) is 3.98. The van der Waals surface area contributed by atoms with Crippen molar-refractivity contribution in [2.75, 3.05) is 31.1 Å². The van der Waals surface area contributed by atoms with Gasteiger partial charge in [0.1, 0.15) is 11.5 Å². The number of nitrogens with one attached hydrogen (secondary N) is 1. The van der Waals surface area contributed by atoms with Gasteiger partial charge in [-0.25, -0.2) is 13.4 Å². The van der Waals surface area contributed by atoms with Crippen molar-refractivity contribution < 1.29 is 13.3 Å². The van der Waals surface area contributed by atoms with E-state index in [1.54, 1.807) is 6.07 Å². The molecule has 0 amide bonds. The molecule has 1 aromatic heterocycles. The zero-order chi connectivity index (χ0) is 22.0. The summed E-state index contributed by atoms with van der Waals surface area (Å²) in [6, 6.07) is 4.30. The predicted octanol–water partition coefficient (Wildman–Crippen LogP) is 2.97. The molecule has 3 heterocycles. The Morgan fingerprint density at radius 1 is 1.13 bits per heavy atom. The smallest absolute Gasteiger partial charge is 0.293 e. The van der Waals surface area contributed by atoms with Crippen LogP contribution < -0.4 is 4.90 Å². The van der Waals surface area contributed by atoms with Crippen LogP contribution in [-0.4, -0.2) is 59.0 Å². The van der Waals surface area contributed by atoms with E-state index in [1.807, 2.05) is 11.8 Å². The number of rotatable bonds is 5. The molecule has 0 aliphatic carbocycles. The maximum absolute atomic E-state index is 13.1. The Morgan fingerprint density at radius 3 is 2.52 bits per heavy atom. The van der Waals surface area contributed by atoms with Gasteiger partial charge in [0, 0.05) is 38.2 Å². The van der Waals surface area contributed by atoms with Crippen molar-refractivity contribution >= 4 is 21.4 Å². The Bertz CT molecular complexity index is 1050. The lowest BCUT2D eigenvalue weighted by Crippen LogP contribution is -2.35. The van der Waals surface area contributed by atoms with E-state index in [0.29, 0.717) is 37.7 Å². The van der Waals surface area contributed by atoms with Crippen molar-refractivity contribution in [2.24, 2.45) is 0 Å². The number of aromatic nitrogens is 3. The molecule has 11 heteroatoms. The maximum atomic E-state index is 13.1. The predicted molar refractivity (Wildman–Crippen MR) is 116 cm³/mol. The van der Waals surface area contributed by atoms with Crippen LogP contribution in [0, 0.1) is 17.0 Å². The molecule has 168 valence electrons. The normalized spacial score (nSPS) is 21.1. The minimum atomic E-state index is -3.75. The molecule has 31 heavy (non-hydrogen) atoms. The zero-order valence-corrected chi connectivity index (χ0v) is 18.5. The molecule has 1 N–H and O–H groups in total. The van der Waals surface area contributed by atoms with Gasteiger partial charge in [0.25, 0.3) is 5.69 Å². The lowest BCUT2D eigenvalue weighted by Gasteiger charge is -2.33. The molecule has 0 spiro atoms. The van der Waals surface area contributed by atoms with Crippen LogP contribution in [0.3, 0.4) is 0 Å². The van der Waals surface area contributed by atoms with Gasteiger partial charge in [0.2, 0.25) is 10.0 Å². The van der Waals surface area contributed by atoms with Gasteiger partial charge in [-0.1, -0.05) is 12.8 Å². The fourth-order valence-corrected chi connectivity index (χ4v) is 6.00. The summed E-state index contributed by atoms with van der Waals surface area (Å²) in [5.74, 6) is 1.52. The van der Waals surface area contributed by atoms with Gasteiger partial charge in [-0.05, 0) is 44.7 Å². The Morgan fingerprint density at radius 2 is 1.87 bits per heavy atom. The maximum Gasteiger partial charge on any atom is 0.293 e. The van der Waals surface area contributed by atoms with E-state index >= 15 is 0 Å². The molecule has 2 saturated heterocycles. The van der Waals surface area contributed by atoms with Gasteiger partial charge in [0.15, 0.2) is 5.82 Å². The van der Waals surface area contributed by atoms with Gasteiger partial charge >= 0.3 is 0 Å². The van der Waals surface area contributed by atoms with Crippen molar-refractivity contribution in [3.05, 3.63) is 40.0 Å². The second-order valence-electron chi connectivity index (χ2n) is 8.29. The largest absolute Gasteiger partial charge is 0.365 e. The first-order chi connectivity index (χ1) is 14.9. The van der Waals surface area contributed by atoms with Crippen LogP contribution in [0.4, 0.5) is 11.4 Å². The molecular weight excluding hydrogens is 420 g/mol. The van der Waals surface area contributed by atoms with Crippen LogP contribution in [0.1, 0.15) is 56.1 Å². The van der Waals surface area contributed by atoms with Crippen molar-refractivity contribution in [3.63, 3.8) is 0 Å². The number of aryl methyl sites for hydroxylation is 1. The molecule has 4 rings (SSSR count). The van der Waals surface area contributed by atoms with E-state index in [-0.39, 0.29) is 16.5 Å². The number of hydrogen-bond donors (Lipinski definition) is 1. The minimum Gasteiger partial charge on any atom is -0.365 e. The zero-order valence-electron chi connectivity index (χ0n) is 17.7. The van der Waals surface area contributed by atoms with Crippen LogP contribution in [0.2, 0.25) is 0 Å². The Hall–Kier alpha value is -2.53. The summed E-state index contributed by atoms with van der Waals surface area (Å²) in [6.07, 6.45) is 5.40. The number of nitro benzene ring substituents is 1. The summed E-state index contributed by atoms with van der Waals surface area (Å²) in [7, 11) is -3.75. The molecule has 0 radical (unpaired) electrons. The minimum absolute atomic E-state index is 0.0111. The van der Waals surface area contributed by atoms with Crippen LogP contribution >= 0.6 is 0 Å². The second-order valence-corrected chi connectivity index (χ2v) is 10.2. The average molecular weight is 449 g/mol. The summed E-state index contributed by atoms with van der Waals surface area (Å²) in [4.78, 5) is 17.7. The second kappa shape index (κ2) is 8.91. The highest BCUT2D eigenvalue weighted by molar-refractivity contribution is 7.89. The topological polar surface area (TPSA) is 125 Å². The monoisotopic (exact) mass is 448 g/mol. The van der Waals surface area contributed by atoms with Gasteiger partial charge < -0.3 is 4.90 Å². The van der Waals surface area contributed by atoms with Crippen molar-refractivity contribution in [2.45, 2.75) is 56.3 Å². The molecule has 2 aliphatic rings. The van der Waals surface area contributed by atoms with Crippen molar-refractivity contribution in [1.82, 2.24) is 19.5 Å². The molecule has 1 unspecified atom stereocenters. The third-order valence-corrected chi connectivity index (χ3v) is 7.98. The number of aromatic amines is 1. The highest BCUT2D eigenvalue weighted by Gasteiger charge is 2.31. The summed E-state index contributed by atoms with van der Waals surface area (Å²) in [5, 5.41) is 19.0. The molecule has 2 aliphatic heterocycles. The third kappa shape index (κ3) is 4.57. The quantitative estimate of drug-likeness (QED) is 0.550. The first-order valence-electron chi connectivity index (χ1n) is 10.8. The van der Waals surface area contributed by atoms with E-state index in [4.69, 9.17) is 0 Å². The average Bonchev–Trinajstić information content (AvgIpc) is 3.01. The fraction of sp³-hybridized carbons (Fsp3) is 0.600. The molecule has 2 fully saturated rings. The number of benzene rings is 1. The van der Waals surface area contributed by atoms with E-state index in [2.05, 4.69) is 15.2 Å². The van der Waals surface area contributed by atoms with Crippen LogP contribution in [0.25, 0.3) is 0 Å². The Labute approximate surface area is 181 Å². The van der Waals surface area contributed by atoms with Gasteiger partial charge in [-0.15, -0.1) is 0 Å². The highest BCUT2D eigenvalue weighted by Crippen LogP contribution is 2.36. The lowest BCUT2D eigenvalue weighted by atomic mass is 9.96. The molecule has 1 atom stereocenters. The van der Waals surface area contributed by atoms with Gasteiger partial charge in [0.05, 0.1) is 9.82 Å². The van der Waals surface area contributed by atoms with Gasteiger partial charge in [-0.3, -0.25) is 15.2 Å². The van der Waals surface area contributed by atoms with E-state index in [9.17, 15) is 18.5 Å². The molecule has 2 aromatic rings. The molecule has 0 saturated carbocycles. The van der Waals surface area contributed by atoms with Crippen LogP contribution in [0.5, 0.6) is 0 Å². The summed E-state index contributed by atoms with van der Waals surface area (Å²) >= 11 is 0. The van der Waals surface area contributed by atoms with Crippen molar-refractivity contribution in [1.29, 1.82) is 0 Å². The number of anilines is 1. The number of sulfonamides is 1. The Kier molecular flexibility index (Phi) is 6.24. The molecular formula is C20H28N6O4S. The first-order valence-corrected chi connectivity index (χ1v) is 12.2. The summed E-state index contributed by atoms with van der Waals surface area (Å²) < 4.78 is 27.7. The fourth-order valence-electron chi connectivity index (χ4n) is 4.46. The number of nitro groups is 1. The van der Waals surface area contributed by atoms with Crippen LogP contribution in [0.15, 0.2) is 23.1 Å². The van der Waals surface area contributed by atoms with E-state index in [0.717, 1.165) is 44.3 Å². The highest BCUT2D eigenvalue weighted by atomic mass is 32.2. The standard InChI is InChI=1S/C20H28N6O4S/c1-15-21-20(23-22-15)16-7-6-10-24(14-16)18-9-8-17(13-19(18)26(27)28)31(29,30)25-11-4-2-3-5-12-25/h8-9,13,16H,2-7,10-12,14H2,1H3,(H,21,22,23). The Balaban J connectivity index is 1.62. The van der Waals surface area contributed by atoms with E-state index in [1.165, 1.54) is 16.4 Å².